The first kappa shape index (κ1) is 17.7. The molecule has 1 aliphatic rings. The third-order valence-electron chi connectivity index (χ3n) is 4.81. The highest BCUT2D eigenvalue weighted by atomic mass is 19.1. The molecule has 0 aliphatic carbocycles. The first-order chi connectivity index (χ1) is 13.5. The van der Waals surface area contributed by atoms with Gasteiger partial charge in [0.15, 0.2) is 17.9 Å². The largest absolute Gasteiger partial charge is 0.504 e. The van der Waals surface area contributed by atoms with Crippen LogP contribution in [-0.2, 0) is 13.1 Å². The summed E-state index contributed by atoms with van der Waals surface area (Å²) in [7, 11) is 0. The number of aldehydes is 1. The van der Waals surface area contributed by atoms with Crippen LogP contribution in [0.25, 0.3) is 0 Å². The Hall–Kier alpha value is -3.67. The van der Waals surface area contributed by atoms with Gasteiger partial charge in [-0.2, -0.15) is 0 Å². The van der Waals surface area contributed by atoms with Gasteiger partial charge in [0.05, 0.1) is 5.56 Å². The molecule has 1 aliphatic heterocycles. The van der Waals surface area contributed by atoms with Crippen LogP contribution in [0.3, 0.4) is 0 Å². The number of nitrogens with zero attached hydrogens (tertiary/aromatic N) is 1. The van der Waals surface area contributed by atoms with Crippen molar-refractivity contribution in [3.05, 3.63) is 88.7 Å². The van der Waals surface area contributed by atoms with Gasteiger partial charge in [-0.3, -0.25) is 9.59 Å². The Bertz CT molecular complexity index is 1040. The molecule has 1 amide bonds. The maximum atomic E-state index is 13.7. The van der Waals surface area contributed by atoms with Gasteiger partial charge in [0.2, 0.25) is 0 Å². The third kappa shape index (κ3) is 3.32. The van der Waals surface area contributed by atoms with Gasteiger partial charge in [0.1, 0.15) is 0 Å². The molecule has 5 nitrogen and oxygen atoms in total. The second-order valence-corrected chi connectivity index (χ2v) is 6.64. The number of halogens is 1. The molecule has 0 saturated heterocycles. The number of fused-ring (bicyclic) bond motifs is 1. The zero-order valence-corrected chi connectivity index (χ0v) is 14.9. The summed E-state index contributed by atoms with van der Waals surface area (Å²) in [5.41, 5.74) is 3.88. The second-order valence-electron chi connectivity index (χ2n) is 6.64. The molecule has 4 rings (SSSR count). The lowest BCUT2D eigenvalue weighted by molar-refractivity contribution is 0.102. The minimum absolute atomic E-state index is 0.0449. The Morgan fingerprint density at radius 3 is 2.29 bits per heavy atom. The van der Waals surface area contributed by atoms with Crippen LogP contribution >= 0.6 is 0 Å². The average Bonchev–Trinajstić information content (AvgIpc) is 3.14. The predicted molar refractivity (Wildman–Crippen MR) is 104 cm³/mol. The number of amides is 1. The van der Waals surface area contributed by atoms with Crippen LogP contribution in [0.2, 0.25) is 0 Å². The second kappa shape index (κ2) is 7.15. The normalized spacial score (nSPS) is 12.5. The van der Waals surface area contributed by atoms with E-state index >= 15 is 0 Å². The van der Waals surface area contributed by atoms with Crippen molar-refractivity contribution in [2.75, 3.05) is 10.2 Å². The van der Waals surface area contributed by atoms with E-state index in [9.17, 15) is 19.1 Å². The highest BCUT2D eigenvalue weighted by molar-refractivity contribution is 6.05. The van der Waals surface area contributed by atoms with Crippen LogP contribution in [0.4, 0.5) is 15.8 Å². The van der Waals surface area contributed by atoms with E-state index in [-0.39, 0.29) is 11.1 Å². The summed E-state index contributed by atoms with van der Waals surface area (Å²) in [5.74, 6) is -2.34. The fourth-order valence-corrected chi connectivity index (χ4v) is 3.32. The highest BCUT2D eigenvalue weighted by Crippen LogP contribution is 2.29. The molecule has 0 bridgehead atoms. The molecule has 2 N–H and O–H groups in total. The minimum atomic E-state index is -1.02. The monoisotopic (exact) mass is 376 g/mol. The molecule has 3 aromatic rings. The third-order valence-corrected chi connectivity index (χ3v) is 4.81. The Labute approximate surface area is 161 Å². The van der Waals surface area contributed by atoms with E-state index in [2.05, 4.69) is 22.3 Å². The molecule has 0 spiro atoms. The highest BCUT2D eigenvalue weighted by Gasteiger charge is 2.19. The molecule has 0 unspecified atom stereocenters. The van der Waals surface area contributed by atoms with E-state index in [1.54, 1.807) is 12.1 Å². The van der Waals surface area contributed by atoms with E-state index in [1.807, 2.05) is 24.3 Å². The van der Waals surface area contributed by atoms with Gasteiger partial charge in [0, 0.05) is 30.0 Å². The van der Waals surface area contributed by atoms with Crippen molar-refractivity contribution in [2.24, 2.45) is 0 Å². The number of rotatable bonds is 4. The fraction of sp³-hybridized carbons (Fsp3) is 0.0909. The molecule has 0 aromatic heterocycles. The van der Waals surface area contributed by atoms with Crippen molar-refractivity contribution < 1.29 is 19.1 Å². The van der Waals surface area contributed by atoms with Gasteiger partial charge in [-0.1, -0.05) is 24.3 Å². The van der Waals surface area contributed by atoms with E-state index < -0.39 is 17.5 Å². The van der Waals surface area contributed by atoms with Crippen molar-refractivity contribution in [3.8, 4) is 5.75 Å². The van der Waals surface area contributed by atoms with Crippen LogP contribution in [0.5, 0.6) is 5.75 Å². The maximum Gasteiger partial charge on any atom is 0.255 e. The molecule has 3 aromatic carbocycles. The van der Waals surface area contributed by atoms with Gasteiger partial charge in [-0.05, 0) is 47.5 Å². The lowest BCUT2D eigenvalue weighted by Gasteiger charge is -2.18. The lowest BCUT2D eigenvalue weighted by atomic mass is 10.1. The summed E-state index contributed by atoms with van der Waals surface area (Å²) in [5, 5.41) is 12.1. The summed E-state index contributed by atoms with van der Waals surface area (Å²) in [6.45, 7) is 1.67. The van der Waals surface area contributed by atoms with Crippen LogP contribution in [0.1, 0.15) is 31.8 Å². The van der Waals surface area contributed by atoms with Gasteiger partial charge >= 0.3 is 0 Å². The van der Waals surface area contributed by atoms with E-state index in [4.69, 9.17) is 0 Å². The number of benzene rings is 3. The van der Waals surface area contributed by atoms with Crippen LogP contribution in [0, 0.1) is 5.82 Å². The van der Waals surface area contributed by atoms with E-state index in [0.29, 0.717) is 12.0 Å². The summed E-state index contributed by atoms with van der Waals surface area (Å²) in [6.07, 6.45) is 0.304. The van der Waals surface area contributed by atoms with Crippen molar-refractivity contribution >= 4 is 23.6 Å². The predicted octanol–water partition coefficient (Wildman–Crippen LogP) is 4.12. The Morgan fingerprint density at radius 2 is 1.68 bits per heavy atom. The standard InChI is InChI=1S/C22H17FN2O3/c23-20-10-16(9-17(13-26)21(20)27)22(28)24-18-5-7-19(8-6-18)25-11-14-3-1-2-4-15(14)12-25/h1-10,13,27H,11-12H2,(H,24,28). The maximum absolute atomic E-state index is 13.7. The molecular weight excluding hydrogens is 359 g/mol. The zero-order valence-electron chi connectivity index (χ0n) is 14.9. The number of hydrogen-bond acceptors (Lipinski definition) is 4. The van der Waals surface area contributed by atoms with Gasteiger partial charge in [-0.15, -0.1) is 0 Å². The van der Waals surface area contributed by atoms with Crippen LogP contribution in [0.15, 0.2) is 60.7 Å². The molecule has 0 fully saturated rings. The van der Waals surface area contributed by atoms with E-state index in [0.717, 1.165) is 30.9 Å². The molecule has 6 heteroatoms. The molecule has 1 heterocycles. The smallest absolute Gasteiger partial charge is 0.255 e. The van der Waals surface area contributed by atoms with Crippen molar-refractivity contribution in [3.63, 3.8) is 0 Å². The van der Waals surface area contributed by atoms with Gasteiger partial charge in [-0.25, -0.2) is 4.39 Å². The zero-order chi connectivity index (χ0) is 19.7. The number of anilines is 2. The van der Waals surface area contributed by atoms with Crippen molar-refractivity contribution in [2.45, 2.75) is 13.1 Å². The topological polar surface area (TPSA) is 69.6 Å². The Morgan fingerprint density at radius 1 is 1.04 bits per heavy atom. The van der Waals surface area contributed by atoms with Crippen molar-refractivity contribution in [1.82, 2.24) is 0 Å². The summed E-state index contributed by atoms with van der Waals surface area (Å²) in [6, 6.07) is 17.7. The number of hydrogen-bond donors (Lipinski definition) is 2. The van der Waals surface area contributed by atoms with Crippen LogP contribution < -0.4 is 10.2 Å². The molecule has 140 valence electrons. The lowest BCUT2D eigenvalue weighted by Crippen LogP contribution is -2.15. The first-order valence-electron chi connectivity index (χ1n) is 8.76. The number of carbonyl (C=O) groups excluding carboxylic acids is 2. The first-order valence-corrected chi connectivity index (χ1v) is 8.76. The molecule has 28 heavy (non-hydrogen) atoms. The molecular formula is C22H17FN2O3. The fourth-order valence-electron chi connectivity index (χ4n) is 3.32. The average molecular weight is 376 g/mol. The Balaban J connectivity index is 1.47. The molecule has 0 radical (unpaired) electrons. The summed E-state index contributed by atoms with van der Waals surface area (Å²) >= 11 is 0. The van der Waals surface area contributed by atoms with Crippen molar-refractivity contribution in [1.29, 1.82) is 0 Å². The van der Waals surface area contributed by atoms with Gasteiger partial charge < -0.3 is 15.3 Å². The summed E-state index contributed by atoms with van der Waals surface area (Å²) < 4.78 is 13.7. The number of carbonyl (C=O) groups is 2. The number of aromatic hydroxyl groups is 1. The molecule has 0 atom stereocenters. The SMILES string of the molecule is O=Cc1cc(C(=O)Nc2ccc(N3Cc4ccccc4C3)cc2)cc(F)c1O. The van der Waals surface area contributed by atoms with Gasteiger partial charge in [0.25, 0.3) is 5.91 Å². The minimum Gasteiger partial charge on any atom is -0.504 e. The molecule has 0 saturated carbocycles. The van der Waals surface area contributed by atoms with E-state index in [1.165, 1.54) is 11.1 Å². The number of nitrogens with one attached hydrogen (secondary N) is 1. The quantitative estimate of drug-likeness (QED) is 0.672. The van der Waals surface area contributed by atoms with Crippen LogP contribution in [-0.4, -0.2) is 17.3 Å². The summed E-state index contributed by atoms with van der Waals surface area (Å²) in [4.78, 5) is 25.5. The Kier molecular flexibility index (Phi) is 4.53. The number of phenols is 1. The number of phenolic OH excluding ortho intramolecular Hbond substituents is 1.